The zero-order valence-corrected chi connectivity index (χ0v) is 18.3. The van der Waals surface area contributed by atoms with E-state index in [1.165, 1.54) is 16.4 Å². The molecule has 0 radical (unpaired) electrons. The SMILES string of the molecule is N#Cc1c(C(=O)Nc2ccc(S(=O)(=O)N3CCCCC3)cc2)cccc1-c1ccccc1. The van der Waals surface area contributed by atoms with E-state index >= 15 is 0 Å². The molecule has 1 heterocycles. The van der Waals surface area contributed by atoms with Gasteiger partial charge >= 0.3 is 0 Å². The Morgan fingerprint density at radius 1 is 0.875 bits per heavy atom. The Bertz CT molecular complexity index is 1260. The van der Waals surface area contributed by atoms with Gasteiger partial charge in [0.2, 0.25) is 10.0 Å². The Morgan fingerprint density at radius 2 is 1.56 bits per heavy atom. The van der Waals surface area contributed by atoms with Gasteiger partial charge in [-0.05, 0) is 48.7 Å². The molecule has 1 fully saturated rings. The Morgan fingerprint density at radius 3 is 2.22 bits per heavy atom. The van der Waals surface area contributed by atoms with E-state index in [0.717, 1.165) is 24.8 Å². The maximum Gasteiger partial charge on any atom is 0.257 e. The molecule has 0 aliphatic carbocycles. The molecular weight excluding hydrogens is 422 g/mol. The van der Waals surface area contributed by atoms with Crippen molar-refractivity contribution < 1.29 is 13.2 Å². The van der Waals surface area contributed by atoms with Crippen molar-refractivity contribution in [1.29, 1.82) is 5.26 Å². The van der Waals surface area contributed by atoms with Crippen LogP contribution in [0.4, 0.5) is 5.69 Å². The Hall–Kier alpha value is -3.47. The number of anilines is 1. The van der Waals surface area contributed by atoms with Gasteiger partial charge in [0, 0.05) is 24.3 Å². The Balaban J connectivity index is 1.56. The van der Waals surface area contributed by atoms with Crippen molar-refractivity contribution in [3.8, 4) is 17.2 Å². The lowest BCUT2D eigenvalue weighted by Gasteiger charge is -2.25. The number of nitriles is 1. The molecule has 0 atom stereocenters. The zero-order chi connectivity index (χ0) is 22.6. The molecule has 1 amide bonds. The summed E-state index contributed by atoms with van der Waals surface area (Å²) < 4.78 is 27.1. The van der Waals surface area contributed by atoms with Crippen molar-refractivity contribution in [2.45, 2.75) is 24.2 Å². The van der Waals surface area contributed by atoms with Gasteiger partial charge in [-0.3, -0.25) is 4.79 Å². The van der Waals surface area contributed by atoms with Gasteiger partial charge < -0.3 is 5.32 Å². The number of amides is 1. The highest BCUT2D eigenvalue weighted by Gasteiger charge is 2.25. The molecule has 1 N–H and O–H groups in total. The monoisotopic (exact) mass is 445 g/mol. The normalized spacial score (nSPS) is 14.5. The molecule has 0 aromatic heterocycles. The lowest BCUT2D eigenvalue weighted by atomic mass is 9.96. The largest absolute Gasteiger partial charge is 0.322 e. The van der Waals surface area contributed by atoms with E-state index < -0.39 is 15.9 Å². The molecule has 7 heteroatoms. The molecule has 1 aliphatic rings. The molecule has 1 aliphatic heterocycles. The van der Waals surface area contributed by atoms with Crippen molar-refractivity contribution in [3.05, 3.63) is 83.9 Å². The number of carbonyl (C=O) groups excluding carboxylic acids is 1. The summed E-state index contributed by atoms with van der Waals surface area (Å²) in [5.41, 5.74) is 2.55. The fourth-order valence-electron chi connectivity index (χ4n) is 3.88. The molecule has 4 rings (SSSR count). The highest BCUT2D eigenvalue weighted by molar-refractivity contribution is 7.89. The summed E-state index contributed by atoms with van der Waals surface area (Å²) in [6.07, 6.45) is 2.79. The van der Waals surface area contributed by atoms with Crippen LogP contribution in [-0.2, 0) is 10.0 Å². The van der Waals surface area contributed by atoms with Crippen LogP contribution in [0.15, 0.2) is 77.7 Å². The van der Waals surface area contributed by atoms with Crippen LogP contribution in [0.5, 0.6) is 0 Å². The van der Waals surface area contributed by atoms with Crippen molar-refractivity contribution >= 4 is 21.6 Å². The minimum atomic E-state index is -3.53. The summed E-state index contributed by atoms with van der Waals surface area (Å²) in [4.78, 5) is 13.1. The molecule has 0 spiro atoms. The van der Waals surface area contributed by atoms with Crippen molar-refractivity contribution in [1.82, 2.24) is 4.31 Å². The summed E-state index contributed by atoms with van der Waals surface area (Å²) in [5.74, 6) is -0.425. The Labute approximate surface area is 188 Å². The minimum absolute atomic E-state index is 0.209. The molecule has 0 unspecified atom stereocenters. The number of hydrogen-bond acceptors (Lipinski definition) is 4. The second-order valence-corrected chi connectivity index (χ2v) is 9.59. The number of nitrogens with one attached hydrogen (secondary N) is 1. The molecule has 6 nitrogen and oxygen atoms in total. The van der Waals surface area contributed by atoms with Gasteiger partial charge in [0.25, 0.3) is 5.91 Å². The summed E-state index contributed by atoms with van der Waals surface area (Å²) in [6, 6.07) is 22.9. The molecule has 32 heavy (non-hydrogen) atoms. The minimum Gasteiger partial charge on any atom is -0.322 e. The van der Waals surface area contributed by atoms with Crippen LogP contribution in [0.25, 0.3) is 11.1 Å². The summed E-state index contributed by atoms with van der Waals surface area (Å²) in [6.45, 7) is 1.07. The van der Waals surface area contributed by atoms with Crippen molar-refractivity contribution in [2.75, 3.05) is 18.4 Å². The third-order valence-corrected chi connectivity index (χ3v) is 7.48. The fourth-order valence-corrected chi connectivity index (χ4v) is 5.40. The van der Waals surface area contributed by atoms with E-state index in [2.05, 4.69) is 11.4 Å². The molecule has 3 aromatic rings. The van der Waals surface area contributed by atoms with Crippen molar-refractivity contribution in [2.24, 2.45) is 0 Å². The topological polar surface area (TPSA) is 90.3 Å². The van der Waals surface area contributed by atoms with Gasteiger partial charge in [-0.25, -0.2) is 8.42 Å². The molecular formula is C25H23N3O3S. The first kappa shape index (κ1) is 21.8. The second-order valence-electron chi connectivity index (χ2n) is 7.65. The van der Waals surface area contributed by atoms with Crippen LogP contribution in [0.2, 0.25) is 0 Å². The second kappa shape index (κ2) is 9.35. The number of hydrogen-bond donors (Lipinski definition) is 1. The van der Waals surface area contributed by atoms with E-state index in [4.69, 9.17) is 0 Å². The van der Waals surface area contributed by atoms with Crippen LogP contribution >= 0.6 is 0 Å². The number of rotatable bonds is 5. The maximum absolute atomic E-state index is 12.9. The van der Waals surface area contributed by atoms with Crippen LogP contribution < -0.4 is 5.32 Å². The number of nitrogens with zero attached hydrogens (tertiary/aromatic N) is 2. The van der Waals surface area contributed by atoms with E-state index in [-0.39, 0.29) is 10.5 Å². The molecule has 0 bridgehead atoms. The molecule has 0 saturated carbocycles. The predicted octanol–water partition coefficient (Wildman–Crippen LogP) is 4.65. The van der Waals surface area contributed by atoms with Gasteiger partial charge in [-0.2, -0.15) is 9.57 Å². The summed E-state index contributed by atoms with van der Waals surface area (Å²) in [7, 11) is -3.53. The van der Waals surface area contributed by atoms with Crippen molar-refractivity contribution in [3.63, 3.8) is 0 Å². The van der Waals surface area contributed by atoms with E-state index in [9.17, 15) is 18.5 Å². The van der Waals surface area contributed by atoms with Gasteiger partial charge in [-0.1, -0.05) is 48.9 Å². The molecule has 1 saturated heterocycles. The van der Waals surface area contributed by atoms with Crippen LogP contribution in [-0.4, -0.2) is 31.7 Å². The van der Waals surface area contributed by atoms with Gasteiger partial charge in [0.1, 0.15) is 6.07 Å². The smallest absolute Gasteiger partial charge is 0.257 e. The van der Waals surface area contributed by atoms with Gasteiger partial charge in [0.15, 0.2) is 0 Å². The first-order chi connectivity index (χ1) is 15.5. The van der Waals surface area contributed by atoms with Gasteiger partial charge in [-0.15, -0.1) is 0 Å². The lowest BCUT2D eigenvalue weighted by Crippen LogP contribution is -2.35. The maximum atomic E-state index is 12.9. The number of benzene rings is 3. The highest BCUT2D eigenvalue weighted by Crippen LogP contribution is 2.27. The highest BCUT2D eigenvalue weighted by atomic mass is 32.2. The first-order valence-corrected chi connectivity index (χ1v) is 11.9. The number of carbonyl (C=O) groups is 1. The van der Waals surface area contributed by atoms with E-state index in [1.54, 1.807) is 24.3 Å². The van der Waals surface area contributed by atoms with E-state index in [1.807, 2.05) is 36.4 Å². The summed E-state index contributed by atoms with van der Waals surface area (Å²) >= 11 is 0. The number of sulfonamides is 1. The third kappa shape index (κ3) is 4.42. The van der Waals surface area contributed by atoms with Crippen LogP contribution in [0, 0.1) is 11.3 Å². The average Bonchev–Trinajstić information content (AvgIpc) is 2.85. The lowest BCUT2D eigenvalue weighted by molar-refractivity contribution is 0.102. The number of piperidine rings is 1. The third-order valence-electron chi connectivity index (χ3n) is 5.57. The summed E-state index contributed by atoms with van der Waals surface area (Å²) in [5, 5.41) is 12.5. The Kier molecular flexibility index (Phi) is 6.35. The average molecular weight is 446 g/mol. The fraction of sp³-hybridized carbons (Fsp3) is 0.200. The first-order valence-electron chi connectivity index (χ1n) is 10.5. The van der Waals surface area contributed by atoms with E-state index in [0.29, 0.717) is 29.9 Å². The standard InChI is InChI=1S/C25H23N3O3S/c26-18-24-22(19-8-3-1-4-9-19)10-7-11-23(24)25(29)27-20-12-14-21(15-13-20)32(30,31)28-16-5-2-6-17-28/h1,3-4,7-15H,2,5-6,16-17H2,(H,27,29). The molecule has 3 aromatic carbocycles. The van der Waals surface area contributed by atoms with Gasteiger partial charge in [0.05, 0.1) is 16.0 Å². The predicted molar refractivity (Wildman–Crippen MR) is 124 cm³/mol. The zero-order valence-electron chi connectivity index (χ0n) is 17.5. The molecule has 162 valence electrons. The van der Waals surface area contributed by atoms with Crippen LogP contribution in [0.3, 0.4) is 0 Å². The van der Waals surface area contributed by atoms with Crippen LogP contribution in [0.1, 0.15) is 35.2 Å². The quantitative estimate of drug-likeness (QED) is 0.619.